The number of rotatable bonds is 5. The zero-order chi connectivity index (χ0) is 16.9. The van der Waals surface area contributed by atoms with E-state index in [9.17, 15) is 4.79 Å². The third-order valence-electron chi connectivity index (χ3n) is 4.64. The van der Waals surface area contributed by atoms with Crippen molar-refractivity contribution in [3.8, 4) is 6.07 Å². The Morgan fingerprint density at radius 2 is 2.00 bits per heavy atom. The summed E-state index contributed by atoms with van der Waals surface area (Å²) in [5.74, 6) is -0.194. The molecule has 0 amide bonds. The molecule has 0 radical (unpaired) electrons. The Hall–Kier alpha value is -2.28. The van der Waals surface area contributed by atoms with Crippen molar-refractivity contribution in [2.45, 2.75) is 57.6 Å². The van der Waals surface area contributed by atoms with Gasteiger partial charge in [0.25, 0.3) is 0 Å². The van der Waals surface area contributed by atoms with Crippen molar-refractivity contribution in [3.05, 3.63) is 42.0 Å². The lowest BCUT2D eigenvalue weighted by atomic mass is 9.80. The number of hydrogen-bond acceptors (Lipinski definition) is 4. The Balaban J connectivity index is 1.91. The topological polar surface area (TPSA) is 62.1 Å². The molecule has 1 aliphatic carbocycles. The van der Waals surface area contributed by atoms with Crippen LogP contribution < -0.4 is 5.32 Å². The van der Waals surface area contributed by atoms with E-state index in [0.717, 1.165) is 43.4 Å². The molecule has 0 atom stereocenters. The summed E-state index contributed by atoms with van der Waals surface area (Å²) in [4.78, 5) is 11.3. The van der Waals surface area contributed by atoms with Gasteiger partial charge in [0.1, 0.15) is 5.60 Å². The van der Waals surface area contributed by atoms with Crippen LogP contribution in [-0.4, -0.2) is 17.6 Å². The molecule has 2 rings (SSSR count). The maximum absolute atomic E-state index is 11.3. The summed E-state index contributed by atoms with van der Waals surface area (Å²) >= 11 is 0. The second kappa shape index (κ2) is 7.32. The van der Waals surface area contributed by atoms with E-state index < -0.39 is 0 Å². The van der Waals surface area contributed by atoms with Crippen LogP contribution in [0.3, 0.4) is 0 Å². The molecule has 1 fully saturated rings. The fraction of sp³-hybridized carbons (Fsp3) is 0.474. The van der Waals surface area contributed by atoms with Crippen molar-refractivity contribution in [2.24, 2.45) is 0 Å². The van der Waals surface area contributed by atoms with Gasteiger partial charge in [-0.2, -0.15) is 5.26 Å². The second-order valence-corrected chi connectivity index (χ2v) is 6.22. The average molecular weight is 312 g/mol. The lowest BCUT2D eigenvalue weighted by Crippen LogP contribution is -2.43. The lowest BCUT2D eigenvalue weighted by molar-refractivity contribution is -0.161. The van der Waals surface area contributed by atoms with Gasteiger partial charge >= 0.3 is 5.97 Å². The number of carbonyl (C=O) groups is 1. The minimum absolute atomic E-state index is 0.194. The molecule has 1 aliphatic rings. The Labute approximate surface area is 138 Å². The van der Waals surface area contributed by atoms with Crippen molar-refractivity contribution >= 4 is 11.7 Å². The Morgan fingerprint density at radius 3 is 2.48 bits per heavy atom. The maximum atomic E-state index is 11.3. The quantitative estimate of drug-likeness (QED) is 0.841. The van der Waals surface area contributed by atoms with Gasteiger partial charge in [0, 0.05) is 18.7 Å². The highest BCUT2D eigenvalue weighted by atomic mass is 16.6. The van der Waals surface area contributed by atoms with E-state index in [4.69, 9.17) is 10.00 Å². The fourth-order valence-electron chi connectivity index (χ4n) is 3.20. The Bertz CT molecular complexity index is 605. The molecule has 1 aromatic rings. The van der Waals surface area contributed by atoms with Gasteiger partial charge in [-0.25, -0.2) is 0 Å². The van der Waals surface area contributed by atoms with Crippen LogP contribution in [0.1, 0.15) is 57.1 Å². The predicted molar refractivity (Wildman–Crippen MR) is 90.4 cm³/mol. The van der Waals surface area contributed by atoms with Crippen LogP contribution in [0.5, 0.6) is 0 Å². The molecule has 23 heavy (non-hydrogen) atoms. The summed E-state index contributed by atoms with van der Waals surface area (Å²) in [6, 6.07) is 9.87. The van der Waals surface area contributed by atoms with E-state index in [1.807, 2.05) is 12.1 Å². The Morgan fingerprint density at radius 1 is 1.39 bits per heavy atom. The van der Waals surface area contributed by atoms with Crippen LogP contribution in [0.2, 0.25) is 0 Å². The number of carbonyl (C=O) groups excluding carboxylic acids is 1. The zero-order valence-corrected chi connectivity index (χ0v) is 13.9. The van der Waals surface area contributed by atoms with Crippen molar-refractivity contribution < 1.29 is 9.53 Å². The first-order valence-corrected chi connectivity index (χ1v) is 8.13. The maximum Gasteiger partial charge on any atom is 0.303 e. The summed E-state index contributed by atoms with van der Waals surface area (Å²) in [5.41, 5.74) is 2.22. The van der Waals surface area contributed by atoms with E-state index >= 15 is 0 Å². The molecular weight excluding hydrogens is 288 g/mol. The van der Waals surface area contributed by atoms with Gasteiger partial charge in [0.2, 0.25) is 0 Å². The first-order chi connectivity index (χ1) is 11.0. The van der Waals surface area contributed by atoms with Crippen molar-refractivity contribution in [1.29, 1.82) is 5.26 Å². The number of ether oxygens (including phenoxy) is 1. The number of nitriles is 1. The molecule has 0 spiro atoms. The van der Waals surface area contributed by atoms with Gasteiger partial charge in [-0.05, 0) is 49.8 Å². The fourth-order valence-corrected chi connectivity index (χ4v) is 3.20. The first kappa shape index (κ1) is 17.1. The highest BCUT2D eigenvalue weighted by Gasteiger charge is 2.36. The van der Waals surface area contributed by atoms with E-state index in [1.54, 1.807) is 12.1 Å². The molecular formula is C19H24N2O2. The molecule has 4 nitrogen and oxygen atoms in total. The second-order valence-electron chi connectivity index (χ2n) is 6.22. The highest BCUT2D eigenvalue weighted by Crippen LogP contribution is 2.35. The molecule has 0 heterocycles. The van der Waals surface area contributed by atoms with E-state index in [1.165, 1.54) is 6.92 Å². The zero-order valence-electron chi connectivity index (χ0n) is 13.9. The average Bonchev–Trinajstić information content (AvgIpc) is 2.56. The van der Waals surface area contributed by atoms with Gasteiger partial charge in [-0.15, -0.1) is 0 Å². The number of esters is 1. The summed E-state index contributed by atoms with van der Waals surface area (Å²) in [7, 11) is 0. The normalized spacial score (nSPS) is 23.6. The van der Waals surface area contributed by atoms with Gasteiger partial charge in [-0.1, -0.05) is 25.6 Å². The number of nitrogens with zero attached hydrogens (tertiary/aromatic N) is 1. The monoisotopic (exact) mass is 312 g/mol. The van der Waals surface area contributed by atoms with E-state index in [-0.39, 0.29) is 11.6 Å². The smallest absolute Gasteiger partial charge is 0.303 e. The third kappa shape index (κ3) is 4.35. The molecule has 1 saturated carbocycles. The van der Waals surface area contributed by atoms with Gasteiger partial charge < -0.3 is 10.1 Å². The summed E-state index contributed by atoms with van der Waals surface area (Å²) in [6.45, 7) is 7.66. The Kier molecular flexibility index (Phi) is 5.44. The number of nitrogens with one attached hydrogen (secondary N) is 1. The third-order valence-corrected chi connectivity index (χ3v) is 4.64. The predicted octanol–water partition coefficient (Wildman–Crippen LogP) is 3.77. The largest absolute Gasteiger partial charge is 0.459 e. The lowest BCUT2D eigenvalue weighted by Gasteiger charge is -2.39. The first-order valence-electron chi connectivity index (χ1n) is 8.13. The SMILES string of the molecule is C=C(NC1CCC(CC)(OC(C)=O)CC1)c1ccc(C#N)cc1. The minimum atomic E-state index is -0.292. The van der Waals surface area contributed by atoms with E-state index in [2.05, 4.69) is 24.9 Å². The van der Waals surface area contributed by atoms with Crippen molar-refractivity contribution in [1.82, 2.24) is 5.32 Å². The van der Waals surface area contributed by atoms with Gasteiger partial charge in [0.15, 0.2) is 0 Å². The molecule has 122 valence electrons. The van der Waals surface area contributed by atoms with Crippen molar-refractivity contribution in [2.75, 3.05) is 0 Å². The summed E-state index contributed by atoms with van der Waals surface area (Å²) in [5, 5.41) is 12.3. The highest BCUT2D eigenvalue weighted by molar-refractivity contribution is 5.66. The summed E-state index contributed by atoms with van der Waals surface area (Å²) < 4.78 is 5.57. The van der Waals surface area contributed by atoms with Gasteiger partial charge in [-0.3, -0.25) is 4.79 Å². The number of hydrogen-bond donors (Lipinski definition) is 1. The molecule has 4 heteroatoms. The van der Waals surface area contributed by atoms with Crippen LogP contribution in [0.25, 0.3) is 5.70 Å². The molecule has 1 aromatic carbocycles. The molecule has 0 bridgehead atoms. The minimum Gasteiger partial charge on any atom is -0.459 e. The van der Waals surface area contributed by atoms with E-state index in [0.29, 0.717) is 11.6 Å². The molecule has 0 unspecified atom stereocenters. The standard InChI is InChI=1S/C19H24N2O2/c1-4-19(23-15(3)22)11-9-18(10-12-19)21-14(2)17-7-5-16(13-20)6-8-17/h5-8,18,21H,2,4,9-12H2,1,3H3. The van der Waals surface area contributed by atoms with Crippen LogP contribution >= 0.6 is 0 Å². The van der Waals surface area contributed by atoms with Crippen LogP contribution in [-0.2, 0) is 9.53 Å². The molecule has 0 aliphatic heterocycles. The molecule has 0 saturated heterocycles. The van der Waals surface area contributed by atoms with Crippen LogP contribution in [0.15, 0.2) is 30.8 Å². The van der Waals surface area contributed by atoms with Crippen LogP contribution in [0, 0.1) is 11.3 Å². The molecule has 0 aromatic heterocycles. The van der Waals surface area contributed by atoms with Crippen molar-refractivity contribution in [3.63, 3.8) is 0 Å². The van der Waals surface area contributed by atoms with Crippen LogP contribution in [0.4, 0.5) is 0 Å². The molecule has 1 N–H and O–H groups in total. The number of benzene rings is 1. The summed E-state index contributed by atoms with van der Waals surface area (Å²) in [6.07, 6.45) is 4.52. The van der Waals surface area contributed by atoms with Gasteiger partial charge in [0.05, 0.1) is 11.6 Å².